The van der Waals surface area contributed by atoms with Crippen molar-refractivity contribution in [3.8, 4) is 5.75 Å². The molecule has 0 unspecified atom stereocenters. The van der Waals surface area contributed by atoms with E-state index in [1.54, 1.807) is 19.2 Å². The van der Waals surface area contributed by atoms with Crippen LogP contribution in [0.3, 0.4) is 0 Å². The Morgan fingerprint density at radius 3 is 2.40 bits per heavy atom. The largest absolute Gasteiger partial charge is 0.497 e. The van der Waals surface area contributed by atoms with Gasteiger partial charge in [0.1, 0.15) is 5.75 Å². The molecule has 1 fully saturated rings. The topological polar surface area (TPSA) is 63.0 Å². The molecule has 1 aromatic heterocycles. The number of rotatable bonds is 6. The quantitative estimate of drug-likeness (QED) is 0.750. The number of ketones is 1. The Bertz CT molecular complexity index is 702. The number of furan rings is 1. The number of ether oxygens (including phenoxy) is 1. The summed E-state index contributed by atoms with van der Waals surface area (Å²) in [5.74, 6) is 1.26. The Kier molecular flexibility index (Phi) is 5.50. The van der Waals surface area contributed by atoms with Gasteiger partial charge in [-0.05, 0) is 29.8 Å². The average molecular weight is 342 g/mol. The molecule has 0 saturated carbocycles. The predicted octanol–water partition coefficient (Wildman–Crippen LogP) is 1.86. The SMILES string of the molecule is COc1ccc(CC(=O)N2CCN(CC(=O)c3ccco3)CC2)cc1. The normalized spacial score (nSPS) is 15.2. The Balaban J connectivity index is 1.46. The number of nitrogens with zero attached hydrogens (tertiary/aromatic N) is 2. The highest BCUT2D eigenvalue weighted by molar-refractivity contribution is 5.95. The van der Waals surface area contributed by atoms with Gasteiger partial charge in [-0.2, -0.15) is 0 Å². The summed E-state index contributed by atoms with van der Waals surface area (Å²) in [6, 6.07) is 10.9. The molecule has 2 aromatic rings. The second-order valence-electron chi connectivity index (χ2n) is 6.08. The van der Waals surface area contributed by atoms with Gasteiger partial charge in [0, 0.05) is 26.2 Å². The van der Waals surface area contributed by atoms with Crippen LogP contribution in [0, 0.1) is 0 Å². The van der Waals surface area contributed by atoms with Gasteiger partial charge in [0.25, 0.3) is 0 Å². The van der Waals surface area contributed by atoms with E-state index in [0.29, 0.717) is 44.9 Å². The molecular formula is C19H22N2O4. The zero-order valence-electron chi connectivity index (χ0n) is 14.3. The van der Waals surface area contributed by atoms with E-state index in [1.807, 2.05) is 29.2 Å². The summed E-state index contributed by atoms with van der Waals surface area (Å²) in [7, 11) is 1.62. The molecule has 6 nitrogen and oxygen atoms in total. The van der Waals surface area contributed by atoms with Crippen molar-refractivity contribution in [2.75, 3.05) is 39.8 Å². The lowest BCUT2D eigenvalue weighted by atomic mass is 10.1. The Hall–Kier alpha value is -2.60. The van der Waals surface area contributed by atoms with Gasteiger partial charge in [0.15, 0.2) is 5.76 Å². The van der Waals surface area contributed by atoms with E-state index in [-0.39, 0.29) is 11.7 Å². The van der Waals surface area contributed by atoms with Crippen LogP contribution in [0.15, 0.2) is 47.1 Å². The standard InChI is InChI=1S/C19H22N2O4/c1-24-16-6-4-15(5-7-16)13-19(23)21-10-8-20(9-11-21)14-17(22)18-3-2-12-25-18/h2-7,12H,8-11,13-14H2,1H3. The maximum atomic E-state index is 12.4. The number of methoxy groups -OCH3 is 1. The van der Waals surface area contributed by atoms with Crippen molar-refractivity contribution < 1.29 is 18.7 Å². The van der Waals surface area contributed by atoms with E-state index in [0.717, 1.165) is 11.3 Å². The molecule has 0 atom stereocenters. The first-order valence-electron chi connectivity index (χ1n) is 8.35. The van der Waals surface area contributed by atoms with Crippen molar-refractivity contribution in [3.05, 3.63) is 54.0 Å². The third-order valence-electron chi connectivity index (χ3n) is 4.40. The van der Waals surface area contributed by atoms with Crippen LogP contribution >= 0.6 is 0 Å². The smallest absolute Gasteiger partial charge is 0.227 e. The Labute approximate surface area is 147 Å². The number of piperazine rings is 1. The van der Waals surface area contributed by atoms with Gasteiger partial charge in [0.2, 0.25) is 11.7 Å². The molecule has 1 amide bonds. The summed E-state index contributed by atoms with van der Waals surface area (Å²) in [6.45, 7) is 3.00. The molecule has 0 spiro atoms. The number of hydrogen-bond donors (Lipinski definition) is 0. The van der Waals surface area contributed by atoms with E-state index in [2.05, 4.69) is 4.90 Å². The molecule has 0 aliphatic carbocycles. The molecule has 0 radical (unpaired) electrons. The number of amides is 1. The molecule has 1 saturated heterocycles. The lowest BCUT2D eigenvalue weighted by Crippen LogP contribution is -2.50. The zero-order chi connectivity index (χ0) is 17.6. The Morgan fingerprint density at radius 2 is 1.80 bits per heavy atom. The lowest BCUT2D eigenvalue weighted by Gasteiger charge is -2.34. The third kappa shape index (κ3) is 4.48. The molecule has 2 heterocycles. The van der Waals surface area contributed by atoms with E-state index in [4.69, 9.17) is 9.15 Å². The maximum Gasteiger partial charge on any atom is 0.227 e. The van der Waals surface area contributed by atoms with Crippen molar-refractivity contribution in [2.45, 2.75) is 6.42 Å². The minimum Gasteiger partial charge on any atom is -0.497 e. The van der Waals surface area contributed by atoms with Gasteiger partial charge in [-0.1, -0.05) is 12.1 Å². The molecule has 1 aliphatic rings. The molecule has 6 heteroatoms. The summed E-state index contributed by atoms with van der Waals surface area (Å²) in [5.41, 5.74) is 0.973. The van der Waals surface area contributed by atoms with Crippen LogP contribution in [0.5, 0.6) is 5.75 Å². The minimum absolute atomic E-state index is 0.0250. The number of carbonyl (C=O) groups excluding carboxylic acids is 2. The summed E-state index contributed by atoms with van der Waals surface area (Å²) in [4.78, 5) is 28.4. The molecule has 0 bridgehead atoms. The fourth-order valence-corrected chi connectivity index (χ4v) is 2.90. The predicted molar refractivity (Wildman–Crippen MR) is 92.8 cm³/mol. The highest BCUT2D eigenvalue weighted by Gasteiger charge is 2.23. The van der Waals surface area contributed by atoms with Crippen molar-refractivity contribution in [1.29, 1.82) is 0 Å². The van der Waals surface area contributed by atoms with Crippen LogP contribution in [0.1, 0.15) is 16.1 Å². The van der Waals surface area contributed by atoms with E-state index < -0.39 is 0 Å². The zero-order valence-corrected chi connectivity index (χ0v) is 14.3. The first-order chi connectivity index (χ1) is 12.2. The van der Waals surface area contributed by atoms with E-state index in [9.17, 15) is 9.59 Å². The molecule has 0 N–H and O–H groups in total. The summed E-state index contributed by atoms with van der Waals surface area (Å²) >= 11 is 0. The minimum atomic E-state index is -0.0250. The van der Waals surface area contributed by atoms with Crippen LogP contribution in [0.2, 0.25) is 0 Å². The van der Waals surface area contributed by atoms with Gasteiger partial charge in [0.05, 0.1) is 26.3 Å². The van der Waals surface area contributed by atoms with Crippen molar-refractivity contribution in [2.24, 2.45) is 0 Å². The fourth-order valence-electron chi connectivity index (χ4n) is 2.90. The molecular weight excluding hydrogens is 320 g/mol. The monoisotopic (exact) mass is 342 g/mol. The van der Waals surface area contributed by atoms with Crippen LogP contribution in [-0.2, 0) is 11.2 Å². The summed E-state index contributed by atoms with van der Waals surface area (Å²) in [5, 5.41) is 0. The van der Waals surface area contributed by atoms with Gasteiger partial charge in [-0.15, -0.1) is 0 Å². The first-order valence-corrected chi connectivity index (χ1v) is 8.35. The van der Waals surface area contributed by atoms with Crippen LogP contribution in [0.25, 0.3) is 0 Å². The van der Waals surface area contributed by atoms with Crippen LogP contribution in [-0.4, -0.2) is 61.3 Å². The van der Waals surface area contributed by atoms with Crippen LogP contribution < -0.4 is 4.74 Å². The second-order valence-corrected chi connectivity index (χ2v) is 6.08. The summed E-state index contributed by atoms with van der Waals surface area (Å²) in [6.07, 6.45) is 1.89. The van der Waals surface area contributed by atoms with Gasteiger partial charge in [-0.25, -0.2) is 0 Å². The van der Waals surface area contributed by atoms with Crippen molar-refractivity contribution in [1.82, 2.24) is 9.80 Å². The lowest BCUT2D eigenvalue weighted by molar-refractivity contribution is -0.132. The van der Waals surface area contributed by atoms with Crippen molar-refractivity contribution >= 4 is 11.7 Å². The van der Waals surface area contributed by atoms with Crippen molar-refractivity contribution in [3.63, 3.8) is 0 Å². The fraction of sp³-hybridized carbons (Fsp3) is 0.368. The second kappa shape index (κ2) is 7.98. The average Bonchev–Trinajstić information content (AvgIpc) is 3.18. The molecule has 25 heavy (non-hydrogen) atoms. The number of carbonyl (C=O) groups is 2. The molecule has 132 valence electrons. The highest BCUT2D eigenvalue weighted by atomic mass is 16.5. The molecule has 1 aliphatic heterocycles. The number of benzene rings is 1. The third-order valence-corrected chi connectivity index (χ3v) is 4.40. The van der Waals surface area contributed by atoms with E-state index >= 15 is 0 Å². The molecule has 1 aromatic carbocycles. The highest BCUT2D eigenvalue weighted by Crippen LogP contribution is 2.13. The first kappa shape index (κ1) is 17.2. The van der Waals surface area contributed by atoms with E-state index in [1.165, 1.54) is 6.26 Å². The Morgan fingerprint density at radius 1 is 1.08 bits per heavy atom. The van der Waals surface area contributed by atoms with Gasteiger partial charge >= 0.3 is 0 Å². The van der Waals surface area contributed by atoms with Gasteiger partial charge in [-0.3, -0.25) is 14.5 Å². The van der Waals surface area contributed by atoms with Crippen LogP contribution in [0.4, 0.5) is 0 Å². The maximum absolute atomic E-state index is 12.4. The summed E-state index contributed by atoms with van der Waals surface area (Å²) < 4.78 is 10.3. The van der Waals surface area contributed by atoms with Gasteiger partial charge < -0.3 is 14.1 Å². The number of Topliss-reactive ketones (excluding diaryl/α,β-unsaturated/α-hetero) is 1. The molecule has 3 rings (SSSR count). The number of hydrogen-bond acceptors (Lipinski definition) is 5.